The average Bonchev–Trinajstić information content (AvgIpc) is 2.42. The molecule has 4 nitrogen and oxygen atoms in total. The lowest BCUT2D eigenvalue weighted by Gasteiger charge is -2.28. The highest BCUT2D eigenvalue weighted by Gasteiger charge is 2.12. The molecule has 5 heteroatoms. The first-order chi connectivity index (χ1) is 8.77. The summed E-state index contributed by atoms with van der Waals surface area (Å²) in [5, 5.41) is 14.3. The maximum atomic E-state index is 9.56. The predicted molar refractivity (Wildman–Crippen MR) is 76.9 cm³/mol. The molecule has 96 valence electrons. The summed E-state index contributed by atoms with van der Waals surface area (Å²) in [7, 11) is 0. The van der Waals surface area contributed by atoms with Crippen molar-refractivity contribution in [2.24, 2.45) is 5.10 Å². The molecule has 1 aliphatic heterocycles. The Hall–Kier alpha value is -1.62. The molecule has 0 amide bonds. The van der Waals surface area contributed by atoms with Crippen LogP contribution in [0.3, 0.4) is 0 Å². The zero-order valence-corrected chi connectivity index (χ0v) is 11.0. The van der Waals surface area contributed by atoms with Crippen molar-refractivity contribution in [1.82, 2.24) is 10.3 Å². The zero-order valence-electron chi connectivity index (χ0n) is 10.2. The number of thiocarbonyl (C=S) groups is 1. The number of aromatic hydroxyl groups is 1. The molecule has 1 aromatic carbocycles. The highest BCUT2D eigenvalue weighted by Crippen LogP contribution is 2.12. The number of hydrazone groups is 1. The quantitative estimate of drug-likeness (QED) is 0.487. The van der Waals surface area contributed by atoms with E-state index in [9.17, 15) is 5.11 Å². The Labute approximate surface area is 112 Å². The van der Waals surface area contributed by atoms with E-state index in [1.807, 2.05) is 6.07 Å². The van der Waals surface area contributed by atoms with Crippen LogP contribution in [-0.2, 0) is 0 Å². The molecular weight excluding hydrogens is 246 g/mol. The van der Waals surface area contributed by atoms with Crippen molar-refractivity contribution in [2.75, 3.05) is 13.1 Å². The summed E-state index contributed by atoms with van der Waals surface area (Å²) in [6, 6.07) is 7.05. The molecular formula is C13H17N3OS. The fraction of sp³-hybridized carbons (Fsp3) is 0.385. The fourth-order valence-electron chi connectivity index (χ4n) is 1.92. The van der Waals surface area contributed by atoms with Crippen LogP contribution in [0.1, 0.15) is 24.8 Å². The summed E-state index contributed by atoms with van der Waals surface area (Å²) in [6.45, 7) is 2.00. The van der Waals surface area contributed by atoms with E-state index in [0.717, 1.165) is 13.1 Å². The molecule has 2 rings (SSSR count). The third kappa shape index (κ3) is 3.43. The lowest BCUT2D eigenvalue weighted by molar-refractivity contribution is 0.338. The van der Waals surface area contributed by atoms with Crippen LogP contribution in [0, 0.1) is 0 Å². The van der Waals surface area contributed by atoms with E-state index in [4.69, 9.17) is 12.2 Å². The van der Waals surface area contributed by atoms with E-state index in [1.165, 1.54) is 19.3 Å². The van der Waals surface area contributed by atoms with E-state index in [-0.39, 0.29) is 5.75 Å². The van der Waals surface area contributed by atoms with E-state index in [1.54, 1.807) is 24.4 Å². The van der Waals surface area contributed by atoms with Crippen LogP contribution in [0.25, 0.3) is 0 Å². The molecule has 0 bridgehead atoms. The van der Waals surface area contributed by atoms with Crippen LogP contribution in [0.15, 0.2) is 29.4 Å². The first kappa shape index (κ1) is 12.8. The number of phenols is 1. The predicted octanol–water partition coefficient (Wildman–Crippen LogP) is 2.09. The molecule has 1 aliphatic rings. The normalized spacial score (nSPS) is 15.9. The number of benzene rings is 1. The summed E-state index contributed by atoms with van der Waals surface area (Å²) < 4.78 is 0. The highest BCUT2D eigenvalue weighted by molar-refractivity contribution is 7.80. The Morgan fingerprint density at radius 3 is 2.72 bits per heavy atom. The van der Waals surface area contributed by atoms with Crippen LogP contribution >= 0.6 is 12.2 Å². The van der Waals surface area contributed by atoms with Crippen molar-refractivity contribution in [3.8, 4) is 5.75 Å². The summed E-state index contributed by atoms with van der Waals surface area (Å²) in [6.07, 6.45) is 5.22. The summed E-state index contributed by atoms with van der Waals surface area (Å²) in [4.78, 5) is 2.13. The number of rotatable bonds is 2. The standard InChI is InChI=1S/C13H17N3OS/c17-12-7-3-2-6-11(12)10-14-15-13(18)16-8-4-1-5-9-16/h2-3,6-7,10,17H,1,4-5,8-9H2,(H,15,18). The van der Waals surface area contributed by atoms with E-state index >= 15 is 0 Å². The second-order valence-corrected chi connectivity index (χ2v) is 4.67. The lowest BCUT2D eigenvalue weighted by atomic mass is 10.1. The maximum Gasteiger partial charge on any atom is 0.189 e. The first-order valence-corrected chi connectivity index (χ1v) is 6.54. The van der Waals surface area contributed by atoms with Gasteiger partial charge in [-0.25, -0.2) is 0 Å². The highest BCUT2D eigenvalue weighted by atomic mass is 32.1. The molecule has 0 spiro atoms. The molecule has 1 fully saturated rings. The Bertz CT molecular complexity index is 442. The number of phenolic OH excluding ortho intramolecular Hbond substituents is 1. The van der Waals surface area contributed by atoms with Gasteiger partial charge >= 0.3 is 0 Å². The van der Waals surface area contributed by atoms with Crippen LogP contribution in [0.4, 0.5) is 0 Å². The number of hydrogen-bond donors (Lipinski definition) is 2. The summed E-state index contributed by atoms with van der Waals surface area (Å²) >= 11 is 5.26. The molecule has 1 heterocycles. The number of nitrogens with zero attached hydrogens (tertiary/aromatic N) is 2. The van der Waals surface area contributed by atoms with Gasteiger partial charge in [0.2, 0.25) is 0 Å². The minimum Gasteiger partial charge on any atom is -0.507 e. The van der Waals surface area contributed by atoms with Crippen LogP contribution < -0.4 is 5.43 Å². The molecule has 0 aliphatic carbocycles. The van der Waals surface area contributed by atoms with Crippen molar-refractivity contribution < 1.29 is 5.11 Å². The van der Waals surface area contributed by atoms with Gasteiger partial charge in [-0.3, -0.25) is 5.43 Å². The molecule has 0 radical (unpaired) electrons. The minimum atomic E-state index is 0.215. The van der Waals surface area contributed by atoms with Crippen molar-refractivity contribution in [3.63, 3.8) is 0 Å². The van der Waals surface area contributed by atoms with Crippen LogP contribution in [0.5, 0.6) is 5.75 Å². The van der Waals surface area contributed by atoms with Gasteiger partial charge in [0.15, 0.2) is 5.11 Å². The zero-order chi connectivity index (χ0) is 12.8. The number of hydrogen-bond acceptors (Lipinski definition) is 3. The van der Waals surface area contributed by atoms with Gasteiger partial charge in [-0.2, -0.15) is 5.10 Å². The van der Waals surface area contributed by atoms with Crippen LogP contribution in [0.2, 0.25) is 0 Å². The minimum absolute atomic E-state index is 0.215. The van der Waals surface area contributed by atoms with Crippen LogP contribution in [-0.4, -0.2) is 34.4 Å². The average molecular weight is 263 g/mol. The molecule has 0 saturated carbocycles. The monoisotopic (exact) mass is 263 g/mol. The summed E-state index contributed by atoms with van der Waals surface area (Å²) in [5.74, 6) is 0.215. The Morgan fingerprint density at radius 2 is 2.00 bits per heavy atom. The van der Waals surface area contributed by atoms with E-state index in [2.05, 4.69) is 15.4 Å². The van der Waals surface area contributed by atoms with Gasteiger partial charge in [-0.15, -0.1) is 0 Å². The first-order valence-electron chi connectivity index (χ1n) is 6.13. The van der Waals surface area contributed by atoms with Crippen molar-refractivity contribution in [1.29, 1.82) is 0 Å². The number of nitrogens with one attached hydrogen (secondary N) is 1. The fourth-order valence-corrected chi connectivity index (χ4v) is 2.16. The van der Waals surface area contributed by atoms with Gasteiger partial charge in [0, 0.05) is 18.7 Å². The second-order valence-electron chi connectivity index (χ2n) is 4.28. The Kier molecular flexibility index (Phi) is 4.52. The van der Waals surface area contributed by atoms with Crippen molar-refractivity contribution >= 4 is 23.5 Å². The number of para-hydroxylation sites is 1. The smallest absolute Gasteiger partial charge is 0.189 e. The van der Waals surface area contributed by atoms with Gasteiger partial charge < -0.3 is 10.0 Å². The van der Waals surface area contributed by atoms with Gasteiger partial charge in [-0.05, 0) is 43.6 Å². The molecule has 0 atom stereocenters. The Balaban J connectivity index is 1.87. The SMILES string of the molecule is Oc1ccccc1C=NNC(=S)N1CCCCC1. The van der Waals surface area contributed by atoms with Crippen molar-refractivity contribution in [2.45, 2.75) is 19.3 Å². The van der Waals surface area contributed by atoms with Gasteiger partial charge in [0.25, 0.3) is 0 Å². The molecule has 1 aromatic rings. The third-order valence-corrected chi connectivity index (χ3v) is 3.29. The maximum absolute atomic E-state index is 9.56. The number of piperidine rings is 1. The molecule has 1 saturated heterocycles. The lowest BCUT2D eigenvalue weighted by Crippen LogP contribution is -2.40. The van der Waals surface area contributed by atoms with E-state index < -0.39 is 0 Å². The number of likely N-dealkylation sites (tertiary alicyclic amines) is 1. The van der Waals surface area contributed by atoms with Gasteiger partial charge in [-0.1, -0.05) is 12.1 Å². The second kappa shape index (κ2) is 6.35. The molecule has 18 heavy (non-hydrogen) atoms. The Morgan fingerprint density at radius 1 is 1.28 bits per heavy atom. The molecule has 0 unspecified atom stereocenters. The van der Waals surface area contributed by atoms with Crippen molar-refractivity contribution in [3.05, 3.63) is 29.8 Å². The largest absolute Gasteiger partial charge is 0.507 e. The molecule has 0 aromatic heterocycles. The van der Waals surface area contributed by atoms with Gasteiger partial charge in [0.05, 0.1) is 6.21 Å². The van der Waals surface area contributed by atoms with Gasteiger partial charge in [0.1, 0.15) is 5.75 Å². The topological polar surface area (TPSA) is 47.9 Å². The molecule has 2 N–H and O–H groups in total. The van der Waals surface area contributed by atoms with E-state index in [0.29, 0.717) is 10.7 Å². The third-order valence-electron chi connectivity index (χ3n) is 2.94. The summed E-state index contributed by atoms with van der Waals surface area (Å²) in [5.41, 5.74) is 3.52.